The molecule has 2 heterocycles. The van der Waals surface area contributed by atoms with Crippen molar-refractivity contribution in [1.29, 1.82) is 0 Å². The van der Waals surface area contributed by atoms with Crippen molar-refractivity contribution in [3.8, 4) is 0 Å². The Labute approximate surface area is 82.6 Å². The van der Waals surface area contributed by atoms with Crippen molar-refractivity contribution >= 4 is 11.8 Å². The summed E-state index contributed by atoms with van der Waals surface area (Å²) in [5.74, 6) is 0.243. The summed E-state index contributed by atoms with van der Waals surface area (Å²) >= 11 is 0. The normalized spacial score (nSPS) is 34.0. The number of amides is 2. The number of hydrogen-bond donors (Lipinski definition) is 1. The van der Waals surface area contributed by atoms with Gasteiger partial charge in [-0.05, 0) is 32.1 Å². The molecule has 0 bridgehead atoms. The van der Waals surface area contributed by atoms with Gasteiger partial charge in [0.15, 0.2) is 0 Å². The summed E-state index contributed by atoms with van der Waals surface area (Å²) < 4.78 is 0. The van der Waals surface area contributed by atoms with Gasteiger partial charge < -0.3 is 10.2 Å². The van der Waals surface area contributed by atoms with Crippen molar-refractivity contribution in [3.05, 3.63) is 0 Å². The van der Waals surface area contributed by atoms with Crippen LogP contribution < -0.4 is 5.32 Å². The van der Waals surface area contributed by atoms with E-state index in [1.54, 1.807) is 4.90 Å². The van der Waals surface area contributed by atoms with E-state index >= 15 is 0 Å². The summed E-state index contributed by atoms with van der Waals surface area (Å²) in [7, 11) is 0. The van der Waals surface area contributed by atoms with E-state index in [0.717, 1.165) is 38.6 Å². The molecule has 1 atom stereocenters. The zero-order chi connectivity index (χ0) is 9.76. The lowest BCUT2D eigenvalue weighted by Gasteiger charge is -2.48. The largest absolute Gasteiger partial charge is 0.340 e. The third kappa shape index (κ3) is 0.837. The van der Waals surface area contributed by atoms with Gasteiger partial charge in [-0.15, -0.1) is 0 Å². The molecule has 4 nitrogen and oxygen atoms in total. The Morgan fingerprint density at radius 1 is 1.29 bits per heavy atom. The van der Waals surface area contributed by atoms with Crippen molar-refractivity contribution in [3.63, 3.8) is 0 Å². The van der Waals surface area contributed by atoms with E-state index < -0.39 is 5.54 Å². The molecular formula is C10H14N2O2. The zero-order valence-electron chi connectivity index (χ0n) is 8.08. The van der Waals surface area contributed by atoms with Crippen LogP contribution in [0.5, 0.6) is 0 Å². The van der Waals surface area contributed by atoms with E-state index in [0.29, 0.717) is 0 Å². The predicted octanol–water partition coefficient (Wildman–Crippen LogP) is 0.0299. The molecule has 1 spiro atoms. The molecule has 1 unspecified atom stereocenters. The van der Waals surface area contributed by atoms with E-state index in [1.165, 1.54) is 0 Å². The van der Waals surface area contributed by atoms with Gasteiger partial charge in [0.2, 0.25) is 11.8 Å². The molecule has 0 aromatic heterocycles. The SMILES string of the molecule is O=C1NC2(CCC2)C(=O)N2CCCC12. The van der Waals surface area contributed by atoms with Crippen molar-refractivity contribution < 1.29 is 9.59 Å². The zero-order valence-corrected chi connectivity index (χ0v) is 8.08. The van der Waals surface area contributed by atoms with Crippen LogP contribution in [0.4, 0.5) is 0 Å². The summed E-state index contributed by atoms with van der Waals surface area (Å²) in [6.45, 7) is 0.776. The highest BCUT2D eigenvalue weighted by Gasteiger charge is 2.54. The lowest BCUT2D eigenvalue weighted by Crippen LogP contribution is -2.71. The third-order valence-electron chi connectivity index (χ3n) is 3.80. The highest BCUT2D eigenvalue weighted by molar-refractivity contribution is 6.00. The Morgan fingerprint density at radius 3 is 2.71 bits per heavy atom. The van der Waals surface area contributed by atoms with Gasteiger partial charge >= 0.3 is 0 Å². The average Bonchev–Trinajstić information content (AvgIpc) is 2.57. The molecule has 1 saturated carbocycles. The van der Waals surface area contributed by atoms with E-state index in [-0.39, 0.29) is 17.9 Å². The number of rotatable bonds is 0. The van der Waals surface area contributed by atoms with Gasteiger partial charge in [-0.3, -0.25) is 9.59 Å². The Morgan fingerprint density at radius 2 is 2.07 bits per heavy atom. The van der Waals surface area contributed by atoms with Crippen LogP contribution in [0.25, 0.3) is 0 Å². The van der Waals surface area contributed by atoms with Gasteiger partial charge in [0.25, 0.3) is 0 Å². The van der Waals surface area contributed by atoms with E-state index in [4.69, 9.17) is 0 Å². The fraction of sp³-hybridized carbons (Fsp3) is 0.800. The molecule has 0 aromatic carbocycles. The van der Waals surface area contributed by atoms with Crippen LogP contribution in [-0.4, -0.2) is 34.8 Å². The maximum atomic E-state index is 12.1. The molecule has 76 valence electrons. The maximum Gasteiger partial charge on any atom is 0.249 e. The summed E-state index contributed by atoms with van der Waals surface area (Å²) in [5, 5.41) is 2.92. The third-order valence-corrected chi connectivity index (χ3v) is 3.80. The molecular weight excluding hydrogens is 180 g/mol. The molecule has 3 rings (SSSR count). The van der Waals surface area contributed by atoms with E-state index in [1.807, 2.05) is 0 Å². The van der Waals surface area contributed by atoms with Crippen molar-refractivity contribution in [2.45, 2.75) is 43.7 Å². The first-order valence-corrected chi connectivity index (χ1v) is 5.36. The van der Waals surface area contributed by atoms with Crippen LogP contribution in [0.1, 0.15) is 32.1 Å². The second-order valence-electron chi connectivity index (χ2n) is 4.58. The molecule has 3 aliphatic rings. The van der Waals surface area contributed by atoms with Gasteiger partial charge in [0.1, 0.15) is 11.6 Å². The smallest absolute Gasteiger partial charge is 0.249 e. The first-order valence-electron chi connectivity index (χ1n) is 5.36. The number of piperazine rings is 1. The first kappa shape index (κ1) is 8.26. The molecule has 14 heavy (non-hydrogen) atoms. The molecule has 2 saturated heterocycles. The summed E-state index contributed by atoms with van der Waals surface area (Å²) in [6, 6.07) is -0.159. The highest BCUT2D eigenvalue weighted by atomic mass is 16.2. The molecule has 1 N–H and O–H groups in total. The van der Waals surface area contributed by atoms with Gasteiger partial charge in [-0.25, -0.2) is 0 Å². The monoisotopic (exact) mass is 194 g/mol. The predicted molar refractivity (Wildman–Crippen MR) is 49.5 cm³/mol. The topological polar surface area (TPSA) is 49.4 Å². The molecule has 1 aliphatic carbocycles. The lowest BCUT2D eigenvalue weighted by atomic mass is 9.74. The maximum absolute atomic E-state index is 12.1. The van der Waals surface area contributed by atoms with Gasteiger partial charge in [0, 0.05) is 6.54 Å². The number of carbonyl (C=O) groups excluding carboxylic acids is 2. The fourth-order valence-electron chi connectivity index (χ4n) is 2.80. The van der Waals surface area contributed by atoms with Crippen LogP contribution >= 0.6 is 0 Å². The molecule has 3 fully saturated rings. The Bertz CT molecular complexity index is 309. The first-order chi connectivity index (χ1) is 6.73. The van der Waals surface area contributed by atoms with Gasteiger partial charge in [-0.2, -0.15) is 0 Å². The van der Waals surface area contributed by atoms with E-state index in [2.05, 4.69) is 5.32 Å². The highest BCUT2D eigenvalue weighted by Crippen LogP contribution is 2.38. The minimum absolute atomic E-state index is 0.0711. The van der Waals surface area contributed by atoms with Crippen LogP contribution in [0, 0.1) is 0 Å². The van der Waals surface area contributed by atoms with Crippen LogP contribution in [0.15, 0.2) is 0 Å². The van der Waals surface area contributed by atoms with Crippen molar-refractivity contribution in [2.75, 3.05) is 6.54 Å². The van der Waals surface area contributed by atoms with Crippen molar-refractivity contribution in [1.82, 2.24) is 10.2 Å². The molecule has 2 aliphatic heterocycles. The second-order valence-corrected chi connectivity index (χ2v) is 4.58. The number of nitrogens with one attached hydrogen (secondary N) is 1. The summed E-state index contributed by atoms with van der Waals surface area (Å²) in [6.07, 6.45) is 4.54. The molecule has 0 aromatic rings. The average molecular weight is 194 g/mol. The molecule has 2 amide bonds. The van der Waals surface area contributed by atoms with E-state index in [9.17, 15) is 9.59 Å². The lowest BCUT2D eigenvalue weighted by molar-refractivity contribution is -0.156. The number of nitrogens with zero attached hydrogens (tertiary/aromatic N) is 1. The Hall–Kier alpha value is -1.06. The van der Waals surface area contributed by atoms with Crippen LogP contribution in [0.3, 0.4) is 0 Å². The Kier molecular flexibility index (Phi) is 1.47. The number of hydrogen-bond acceptors (Lipinski definition) is 2. The second kappa shape index (κ2) is 2.49. The molecule has 0 radical (unpaired) electrons. The summed E-state index contributed by atoms with van der Waals surface area (Å²) in [5.41, 5.74) is -0.488. The minimum atomic E-state index is -0.488. The van der Waals surface area contributed by atoms with Gasteiger partial charge in [-0.1, -0.05) is 0 Å². The van der Waals surface area contributed by atoms with Crippen LogP contribution in [-0.2, 0) is 9.59 Å². The molecule has 4 heteroatoms. The standard InChI is InChI=1S/C10H14N2O2/c13-8-7-3-1-6-12(7)9(14)10(11-8)4-2-5-10/h7H,1-6H2,(H,11,13). The van der Waals surface area contributed by atoms with Gasteiger partial charge in [0.05, 0.1) is 0 Å². The van der Waals surface area contributed by atoms with Crippen molar-refractivity contribution in [2.24, 2.45) is 0 Å². The minimum Gasteiger partial charge on any atom is -0.340 e. The number of carbonyl (C=O) groups is 2. The number of fused-ring (bicyclic) bond motifs is 1. The van der Waals surface area contributed by atoms with Crippen LogP contribution in [0.2, 0.25) is 0 Å². The summed E-state index contributed by atoms with van der Waals surface area (Å²) in [4.78, 5) is 25.6. The quantitative estimate of drug-likeness (QED) is 0.591. The fourth-order valence-corrected chi connectivity index (χ4v) is 2.80. The Balaban J connectivity index is 1.93.